The third-order valence-corrected chi connectivity index (χ3v) is 8.16. The summed E-state index contributed by atoms with van der Waals surface area (Å²) in [7, 11) is 0. The van der Waals surface area contributed by atoms with Gasteiger partial charge in [0.15, 0.2) is 0 Å². The quantitative estimate of drug-likeness (QED) is 0.0695. The van der Waals surface area contributed by atoms with Crippen LogP contribution in [0, 0.1) is 0 Å². The molecule has 3 rings (SSSR count). The van der Waals surface area contributed by atoms with Crippen molar-refractivity contribution in [3.63, 3.8) is 0 Å². The van der Waals surface area contributed by atoms with E-state index in [1.54, 1.807) is 42.5 Å². The van der Waals surface area contributed by atoms with Crippen LogP contribution in [-0.4, -0.2) is 97.9 Å². The van der Waals surface area contributed by atoms with Crippen LogP contribution in [0.25, 0.3) is 0 Å². The summed E-state index contributed by atoms with van der Waals surface area (Å²) in [4.78, 5) is 84.0. The largest absolute Gasteiger partial charge is 0.508 e. The van der Waals surface area contributed by atoms with Crippen molar-refractivity contribution in [2.75, 3.05) is 12.0 Å². The molecule has 0 bridgehead atoms. The fraction of sp³-hybridized carbons (Fsp3) is 0.364. The third-order valence-electron chi connectivity index (χ3n) is 7.52. The van der Waals surface area contributed by atoms with E-state index in [1.165, 1.54) is 36.4 Å². The van der Waals surface area contributed by atoms with E-state index in [0.29, 0.717) is 22.6 Å². The number of aromatic nitrogens is 2. The second-order valence-electron chi connectivity index (χ2n) is 11.5. The maximum absolute atomic E-state index is 13.9. The van der Waals surface area contributed by atoms with Gasteiger partial charge in [-0.25, -0.2) is 9.78 Å². The Labute approximate surface area is 292 Å². The molecule has 0 spiro atoms. The van der Waals surface area contributed by atoms with E-state index in [0.717, 1.165) is 0 Å². The number of carbonyl (C=O) groups is 6. The molecule has 0 aliphatic rings. The number of thioether (sulfide) groups is 1. The molecule has 0 saturated heterocycles. The molecule has 16 nitrogen and oxygen atoms in total. The highest BCUT2D eigenvalue weighted by molar-refractivity contribution is 7.98. The molecule has 0 aliphatic heterocycles. The number of nitrogens with zero attached hydrogens (tertiary/aromatic N) is 1. The van der Waals surface area contributed by atoms with Gasteiger partial charge in [-0.1, -0.05) is 42.5 Å². The molecular weight excluding hydrogens is 668 g/mol. The van der Waals surface area contributed by atoms with Crippen LogP contribution in [0.2, 0.25) is 0 Å². The van der Waals surface area contributed by atoms with Gasteiger partial charge in [-0.05, 0) is 41.7 Å². The molecule has 5 amide bonds. The number of benzene rings is 2. The number of phenols is 1. The number of aliphatic carboxylic acids is 1. The highest BCUT2D eigenvalue weighted by Gasteiger charge is 2.32. The second-order valence-corrected chi connectivity index (χ2v) is 12.5. The number of imidazole rings is 1. The number of nitrogens with two attached hydrogens (primary N) is 2. The van der Waals surface area contributed by atoms with Gasteiger partial charge in [0.1, 0.15) is 29.9 Å². The number of rotatable bonds is 20. The van der Waals surface area contributed by atoms with Gasteiger partial charge in [0, 0.05) is 31.2 Å². The minimum Gasteiger partial charge on any atom is -0.508 e. The molecule has 17 heteroatoms. The molecule has 0 radical (unpaired) electrons. The summed E-state index contributed by atoms with van der Waals surface area (Å²) in [6, 6.07) is 8.31. The standard InChI is InChI=1S/C33H42N8O8S/c1-50-12-11-24(30(45)41-27(33(48)49)15-21-17-36-18-37-21)38-31(46)26(13-19-5-3-2-4-6-19)40-32(47)25(14-20-7-9-22(42)10-8-20)39-29(44)23(34)16-28(35)43/h2-10,17-18,23-27,42H,11-16,34H2,1H3,(H2,35,43)(H,36,37)(H,38,46)(H,39,44)(H,40,47)(H,41,45)(H,48,49)/t23-,24-,25-,26-,27-/m0/s1. The van der Waals surface area contributed by atoms with Gasteiger partial charge in [0.2, 0.25) is 29.5 Å². The first-order valence-electron chi connectivity index (χ1n) is 15.6. The van der Waals surface area contributed by atoms with Crippen LogP contribution in [0.1, 0.15) is 29.7 Å². The zero-order valence-electron chi connectivity index (χ0n) is 27.3. The predicted octanol–water partition coefficient (Wildman–Crippen LogP) is -0.877. The number of hydrogen-bond acceptors (Lipinski definition) is 10. The number of primary amides is 1. The first-order valence-corrected chi connectivity index (χ1v) is 17.0. The summed E-state index contributed by atoms with van der Waals surface area (Å²) in [5.74, 6) is -4.74. The highest BCUT2D eigenvalue weighted by Crippen LogP contribution is 2.13. The minimum absolute atomic E-state index is 0.00603. The first kappa shape index (κ1) is 39.0. The Balaban J connectivity index is 1.86. The number of carboxylic acids is 1. The maximum Gasteiger partial charge on any atom is 0.326 e. The van der Waals surface area contributed by atoms with Gasteiger partial charge in [0.05, 0.1) is 18.8 Å². The summed E-state index contributed by atoms with van der Waals surface area (Å²) < 4.78 is 0. The van der Waals surface area contributed by atoms with E-state index in [1.807, 2.05) is 6.26 Å². The van der Waals surface area contributed by atoms with Crippen molar-refractivity contribution < 1.29 is 39.0 Å². The van der Waals surface area contributed by atoms with Crippen LogP contribution >= 0.6 is 11.8 Å². The molecule has 11 N–H and O–H groups in total. The molecule has 50 heavy (non-hydrogen) atoms. The van der Waals surface area contributed by atoms with Crippen molar-refractivity contribution in [1.29, 1.82) is 0 Å². The molecule has 0 saturated carbocycles. The van der Waals surface area contributed by atoms with E-state index in [4.69, 9.17) is 11.5 Å². The number of hydrogen-bond donors (Lipinski definition) is 9. The fourth-order valence-corrected chi connectivity index (χ4v) is 5.33. The Morgan fingerprint density at radius 2 is 1.32 bits per heavy atom. The van der Waals surface area contributed by atoms with Gasteiger partial charge in [-0.3, -0.25) is 24.0 Å². The summed E-state index contributed by atoms with van der Waals surface area (Å²) in [6.07, 6.45) is 4.16. The lowest BCUT2D eigenvalue weighted by Crippen LogP contribution is -2.59. The van der Waals surface area contributed by atoms with Crippen molar-refractivity contribution >= 4 is 47.3 Å². The van der Waals surface area contributed by atoms with Crippen LogP contribution in [0.5, 0.6) is 5.75 Å². The number of phenolic OH excluding ortho intramolecular Hbond substituents is 1. The van der Waals surface area contributed by atoms with E-state index < -0.39 is 72.1 Å². The molecule has 1 heterocycles. The topological polar surface area (TPSA) is 272 Å². The number of nitrogens with one attached hydrogen (secondary N) is 5. The van der Waals surface area contributed by atoms with Crippen LogP contribution in [0.15, 0.2) is 67.1 Å². The lowest BCUT2D eigenvalue weighted by molar-refractivity contribution is -0.142. The van der Waals surface area contributed by atoms with Crippen LogP contribution in [-0.2, 0) is 48.0 Å². The molecule has 0 fully saturated rings. The van der Waals surface area contributed by atoms with Crippen LogP contribution < -0.4 is 32.7 Å². The summed E-state index contributed by atoms with van der Waals surface area (Å²) in [6.45, 7) is 0. The summed E-state index contributed by atoms with van der Waals surface area (Å²) in [5, 5.41) is 29.8. The van der Waals surface area contributed by atoms with Crippen LogP contribution in [0.4, 0.5) is 0 Å². The number of carbonyl (C=O) groups excluding carboxylic acids is 5. The smallest absolute Gasteiger partial charge is 0.326 e. The Hall–Kier alpha value is -5.42. The SMILES string of the molecule is CSCC[C@H](NC(=O)[C@H](Cc1ccccc1)NC(=O)[C@H](Cc1ccc(O)cc1)NC(=O)[C@@H](N)CC(N)=O)C(=O)N[C@@H](Cc1cnc[nH]1)C(=O)O. The van der Waals surface area contributed by atoms with E-state index in [9.17, 15) is 39.0 Å². The van der Waals surface area contributed by atoms with Crippen molar-refractivity contribution in [3.05, 3.63) is 83.9 Å². The lowest BCUT2D eigenvalue weighted by Gasteiger charge is -2.26. The van der Waals surface area contributed by atoms with Crippen molar-refractivity contribution in [3.8, 4) is 5.75 Å². The fourth-order valence-electron chi connectivity index (χ4n) is 4.86. The molecule has 0 unspecified atom stereocenters. The second kappa shape index (κ2) is 19.5. The number of H-pyrrole nitrogens is 1. The third kappa shape index (κ3) is 12.9. The Kier molecular flexibility index (Phi) is 15.3. The zero-order chi connectivity index (χ0) is 36.6. The molecule has 0 aliphatic carbocycles. The Morgan fingerprint density at radius 1 is 0.780 bits per heavy atom. The summed E-state index contributed by atoms with van der Waals surface area (Å²) in [5.41, 5.74) is 12.7. The molecule has 3 aromatic rings. The van der Waals surface area contributed by atoms with E-state index >= 15 is 0 Å². The first-order chi connectivity index (χ1) is 23.9. The highest BCUT2D eigenvalue weighted by atomic mass is 32.2. The summed E-state index contributed by atoms with van der Waals surface area (Å²) >= 11 is 1.42. The van der Waals surface area contributed by atoms with Gasteiger partial charge in [-0.15, -0.1) is 0 Å². The van der Waals surface area contributed by atoms with Gasteiger partial charge >= 0.3 is 5.97 Å². The van der Waals surface area contributed by atoms with Gasteiger partial charge in [0.25, 0.3) is 0 Å². The number of amides is 5. The molecule has 5 atom stereocenters. The molecular formula is C33H42N8O8S. The number of aromatic amines is 1. The average molecular weight is 711 g/mol. The number of carboxylic acid groups (broad SMARTS) is 1. The normalized spacial score (nSPS) is 13.9. The monoisotopic (exact) mass is 710 g/mol. The van der Waals surface area contributed by atoms with Crippen molar-refractivity contribution in [2.45, 2.75) is 62.3 Å². The molecule has 2 aromatic carbocycles. The number of aromatic hydroxyl groups is 1. The Morgan fingerprint density at radius 3 is 1.86 bits per heavy atom. The van der Waals surface area contributed by atoms with Crippen molar-refractivity contribution in [2.24, 2.45) is 11.5 Å². The lowest BCUT2D eigenvalue weighted by atomic mass is 10.0. The molecule has 268 valence electrons. The zero-order valence-corrected chi connectivity index (χ0v) is 28.2. The Bertz CT molecular complexity index is 1590. The van der Waals surface area contributed by atoms with E-state index in [2.05, 4.69) is 31.2 Å². The minimum atomic E-state index is -1.34. The van der Waals surface area contributed by atoms with Gasteiger partial charge in [-0.2, -0.15) is 11.8 Å². The van der Waals surface area contributed by atoms with Crippen molar-refractivity contribution in [1.82, 2.24) is 31.2 Å². The van der Waals surface area contributed by atoms with E-state index in [-0.39, 0.29) is 31.4 Å². The predicted molar refractivity (Wildman–Crippen MR) is 184 cm³/mol. The maximum atomic E-state index is 13.9. The van der Waals surface area contributed by atoms with Crippen LogP contribution in [0.3, 0.4) is 0 Å². The molecule has 1 aromatic heterocycles. The average Bonchev–Trinajstić information content (AvgIpc) is 3.59. The van der Waals surface area contributed by atoms with Gasteiger partial charge < -0.3 is 47.9 Å².